The van der Waals surface area contributed by atoms with Crippen molar-refractivity contribution in [3.63, 3.8) is 0 Å². The Morgan fingerprint density at radius 2 is 1.86 bits per heavy atom. The average molecular weight is 459 g/mol. The van der Waals surface area contributed by atoms with Crippen LogP contribution in [0.4, 0.5) is 5.69 Å². The molecule has 0 saturated heterocycles. The Hall–Kier alpha value is -2.64. The molecule has 28 heavy (non-hydrogen) atoms. The Morgan fingerprint density at radius 1 is 1.11 bits per heavy atom. The number of ether oxygens (including phenoxy) is 1. The van der Waals surface area contributed by atoms with E-state index in [2.05, 4.69) is 26.6 Å². The second-order valence-corrected chi connectivity index (χ2v) is 8.03. The number of anilines is 1. The summed E-state index contributed by atoms with van der Waals surface area (Å²) in [5.41, 5.74) is 2.65. The van der Waals surface area contributed by atoms with Gasteiger partial charge in [-0.3, -0.25) is 9.59 Å². The first-order valence-electron chi connectivity index (χ1n) is 8.55. The van der Waals surface area contributed by atoms with E-state index in [0.717, 1.165) is 20.5 Å². The molecule has 0 atom stereocenters. The number of nitrogens with one attached hydrogen (secondary N) is 2. The molecule has 0 aliphatic carbocycles. The van der Waals surface area contributed by atoms with Crippen molar-refractivity contribution in [2.75, 3.05) is 19.0 Å². The minimum absolute atomic E-state index is 0.129. The first-order valence-corrected chi connectivity index (χ1v) is 10.2. The standard InChI is InChI=1S/C21H19BrN2O3S/c1-13-10-15(22)8-9-16(13)24-19(25)12-23-21(26)20-17(27-2)11-18(28-20)14-6-4-3-5-7-14/h3-11H,12H2,1-2H3,(H,23,26)(H,24,25). The number of carbonyl (C=O) groups is 2. The number of halogens is 1. The third-order valence-corrected chi connectivity index (χ3v) is 5.71. The molecule has 0 saturated carbocycles. The highest BCUT2D eigenvalue weighted by molar-refractivity contribution is 9.10. The van der Waals surface area contributed by atoms with Crippen molar-refractivity contribution in [2.45, 2.75) is 6.92 Å². The number of carbonyl (C=O) groups excluding carboxylic acids is 2. The fourth-order valence-electron chi connectivity index (χ4n) is 2.63. The summed E-state index contributed by atoms with van der Waals surface area (Å²) in [5, 5.41) is 5.46. The quantitative estimate of drug-likeness (QED) is 0.553. The Balaban J connectivity index is 1.66. The van der Waals surface area contributed by atoms with E-state index in [1.165, 1.54) is 18.4 Å². The number of hydrogen-bond acceptors (Lipinski definition) is 4. The molecule has 0 unspecified atom stereocenters. The zero-order valence-corrected chi connectivity index (χ0v) is 17.8. The largest absolute Gasteiger partial charge is 0.495 e. The van der Waals surface area contributed by atoms with Gasteiger partial charge < -0.3 is 15.4 Å². The molecule has 1 heterocycles. The van der Waals surface area contributed by atoms with Gasteiger partial charge in [0.25, 0.3) is 5.91 Å². The van der Waals surface area contributed by atoms with Crippen LogP contribution < -0.4 is 15.4 Å². The molecule has 1 aromatic heterocycles. The molecule has 0 bridgehead atoms. The molecule has 0 aliphatic rings. The van der Waals surface area contributed by atoms with E-state index in [0.29, 0.717) is 16.3 Å². The van der Waals surface area contributed by atoms with Gasteiger partial charge in [-0.2, -0.15) is 0 Å². The first kappa shape index (κ1) is 20.1. The van der Waals surface area contributed by atoms with Gasteiger partial charge >= 0.3 is 0 Å². The van der Waals surface area contributed by atoms with E-state index >= 15 is 0 Å². The minimum Gasteiger partial charge on any atom is -0.495 e. The van der Waals surface area contributed by atoms with Gasteiger partial charge in [-0.25, -0.2) is 0 Å². The van der Waals surface area contributed by atoms with Crippen molar-refractivity contribution in [3.05, 3.63) is 69.5 Å². The Bertz CT molecular complexity index is 1000. The van der Waals surface area contributed by atoms with Crippen LogP contribution in [0.1, 0.15) is 15.2 Å². The Labute approximate surface area is 175 Å². The molecule has 2 amide bonds. The molecule has 3 rings (SSSR count). The summed E-state index contributed by atoms with van der Waals surface area (Å²) in [6.45, 7) is 1.77. The Morgan fingerprint density at radius 3 is 2.54 bits per heavy atom. The van der Waals surface area contributed by atoms with E-state index in [9.17, 15) is 9.59 Å². The predicted molar refractivity (Wildman–Crippen MR) is 116 cm³/mol. The summed E-state index contributed by atoms with van der Waals surface area (Å²) in [6, 6.07) is 17.2. The molecule has 0 fully saturated rings. The van der Waals surface area contributed by atoms with Crippen LogP contribution in [0.15, 0.2) is 59.1 Å². The van der Waals surface area contributed by atoms with Gasteiger partial charge in [-0.05, 0) is 42.3 Å². The molecule has 0 spiro atoms. The summed E-state index contributed by atoms with van der Waals surface area (Å²) in [7, 11) is 1.52. The van der Waals surface area contributed by atoms with Crippen LogP contribution in [0.3, 0.4) is 0 Å². The molecule has 2 aromatic carbocycles. The van der Waals surface area contributed by atoms with Crippen LogP contribution in [-0.4, -0.2) is 25.5 Å². The Kier molecular flexibility index (Phi) is 6.49. The maximum Gasteiger partial charge on any atom is 0.265 e. The zero-order chi connectivity index (χ0) is 20.1. The van der Waals surface area contributed by atoms with E-state index in [-0.39, 0.29) is 18.4 Å². The predicted octanol–water partition coefficient (Wildman–Crippen LogP) is 4.86. The van der Waals surface area contributed by atoms with Crippen LogP contribution in [0.2, 0.25) is 0 Å². The van der Waals surface area contributed by atoms with Gasteiger partial charge in [-0.15, -0.1) is 11.3 Å². The lowest BCUT2D eigenvalue weighted by atomic mass is 10.2. The van der Waals surface area contributed by atoms with Crippen LogP contribution >= 0.6 is 27.3 Å². The zero-order valence-electron chi connectivity index (χ0n) is 15.4. The van der Waals surface area contributed by atoms with Gasteiger partial charge in [0, 0.05) is 15.0 Å². The second kappa shape index (κ2) is 9.03. The van der Waals surface area contributed by atoms with E-state index in [1.54, 1.807) is 0 Å². The van der Waals surface area contributed by atoms with Gasteiger partial charge in [0.1, 0.15) is 10.6 Å². The van der Waals surface area contributed by atoms with Gasteiger partial charge in [0.2, 0.25) is 5.91 Å². The van der Waals surface area contributed by atoms with E-state index in [1.807, 2.05) is 61.5 Å². The van der Waals surface area contributed by atoms with Crippen molar-refractivity contribution in [2.24, 2.45) is 0 Å². The number of methoxy groups -OCH3 is 1. The van der Waals surface area contributed by atoms with Crippen LogP contribution in [-0.2, 0) is 4.79 Å². The average Bonchev–Trinajstić information content (AvgIpc) is 3.13. The molecule has 2 N–H and O–H groups in total. The fraction of sp³-hybridized carbons (Fsp3) is 0.143. The van der Waals surface area contributed by atoms with Crippen molar-refractivity contribution >= 4 is 44.8 Å². The smallest absolute Gasteiger partial charge is 0.265 e. The number of rotatable bonds is 6. The molecule has 0 aliphatic heterocycles. The van der Waals surface area contributed by atoms with Crippen LogP contribution in [0.5, 0.6) is 5.75 Å². The summed E-state index contributed by atoms with van der Waals surface area (Å²) in [5.74, 6) is -0.144. The highest BCUT2D eigenvalue weighted by atomic mass is 79.9. The lowest BCUT2D eigenvalue weighted by Gasteiger charge is -2.09. The third-order valence-electron chi connectivity index (χ3n) is 4.05. The molecule has 7 heteroatoms. The maximum absolute atomic E-state index is 12.6. The number of hydrogen-bond donors (Lipinski definition) is 2. The van der Waals surface area contributed by atoms with Crippen molar-refractivity contribution in [3.8, 4) is 16.2 Å². The van der Waals surface area contributed by atoms with Crippen LogP contribution in [0, 0.1) is 6.92 Å². The summed E-state index contributed by atoms with van der Waals surface area (Å²) >= 11 is 4.72. The van der Waals surface area contributed by atoms with Gasteiger partial charge in [0.05, 0.1) is 13.7 Å². The molecular weight excluding hydrogens is 440 g/mol. The van der Waals surface area contributed by atoms with Gasteiger partial charge in [-0.1, -0.05) is 46.3 Å². The third kappa shape index (κ3) is 4.79. The summed E-state index contributed by atoms with van der Waals surface area (Å²) in [4.78, 5) is 26.1. The highest BCUT2D eigenvalue weighted by Crippen LogP contribution is 2.36. The molecular formula is C21H19BrN2O3S. The van der Waals surface area contributed by atoms with Crippen molar-refractivity contribution in [1.29, 1.82) is 0 Å². The monoisotopic (exact) mass is 458 g/mol. The van der Waals surface area contributed by atoms with Crippen LogP contribution in [0.25, 0.3) is 10.4 Å². The first-order chi connectivity index (χ1) is 13.5. The van der Waals surface area contributed by atoms with E-state index in [4.69, 9.17) is 4.74 Å². The highest BCUT2D eigenvalue weighted by Gasteiger charge is 2.18. The topological polar surface area (TPSA) is 67.4 Å². The lowest BCUT2D eigenvalue weighted by Crippen LogP contribution is -2.32. The number of benzene rings is 2. The summed E-state index contributed by atoms with van der Waals surface area (Å²) < 4.78 is 6.28. The SMILES string of the molecule is COc1cc(-c2ccccc2)sc1C(=O)NCC(=O)Nc1ccc(Br)cc1C. The fourth-order valence-corrected chi connectivity index (χ4v) is 4.15. The summed E-state index contributed by atoms with van der Waals surface area (Å²) in [6.07, 6.45) is 0. The number of thiophene rings is 1. The molecule has 0 radical (unpaired) electrons. The molecule has 3 aromatic rings. The lowest BCUT2D eigenvalue weighted by molar-refractivity contribution is -0.115. The van der Waals surface area contributed by atoms with Gasteiger partial charge in [0.15, 0.2) is 0 Å². The molecule has 144 valence electrons. The number of aryl methyl sites for hydroxylation is 1. The molecule has 5 nitrogen and oxygen atoms in total. The number of amides is 2. The van der Waals surface area contributed by atoms with Crippen molar-refractivity contribution in [1.82, 2.24) is 5.32 Å². The second-order valence-electron chi connectivity index (χ2n) is 6.06. The maximum atomic E-state index is 12.6. The minimum atomic E-state index is -0.341. The van der Waals surface area contributed by atoms with E-state index < -0.39 is 0 Å². The normalized spacial score (nSPS) is 10.4. The van der Waals surface area contributed by atoms with Crippen molar-refractivity contribution < 1.29 is 14.3 Å².